The predicted octanol–water partition coefficient (Wildman–Crippen LogP) is 4.59. The molecule has 0 unspecified atom stereocenters. The van der Waals surface area contributed by atoms with Crippen molar-refractivity contribution in [1.82, 2.24) is 5.32 Å². The highest BCUT2D eigenvalue weighted by atomic mass is 127. The summed E-state index contributed by atoms with van der Waals surface area (Å²) in [4.78, 5) is 12.2. The van der Waals surface area contributed by atoms with Crippen LogP contribution in [0.15, 0.2) is 53.0 Å². The predicted molar refractivity (Wildman–Crippen MR) is 94.0 cm³/mol. The van der Waals surface area contributed by atoms with Crippen LogP contribution in [0.2, 0.25) is 0 Å². The van der Waals surface area contributed by atoms with Crippen LogP contribution in [-0.2, 0) is 0 Å². The molecule has 0 heterocycles. The minimum Gasteiger partial charge on any atom is -0.351 e. The van der Waals surface area contributed by atoms with Crippen LogP contribution in [-0.4, -0.2) is 12.5 Å². The Labute approximate surface area is 141 Å². The second kappa shape index (κ2) is 7.22. The van der Waals surface area contributed by atoms with Gasteiger partial charge in [0.05, 0.1) is 5.56 Å². The maximum Gasteiger partial charge on any atom is 0.252 e. The van der Waals surface area contributed by atoms with Gasteiger partial charge in [0.25, 0.3) is 5.91 Å². The van der Waals surface area contributed by atoms with Crippen molar-refractivity contribution in [3.05, 3.63) is 67.7 Å². The zero-order valence-electron chi connectivity index (χ0n) is 11.1. The van der Waals surface area contributed by atoms with Gasteiger partial charge in [-0.1, -0.05) is 53.2 Å². The van der Waals surface area contributed by atoms with Gasteiger partial charge >= 0.3 is 0 Å². The SMILES string of the molecule is C[C@H](CNC(=O)c1cc(Br)ccc1I)c1ccccc1. The molecule has 2 rings (SSSR count). The highest BCUT2D eigenvalue weighted by molar-refractivity contribution is 14.1. The normalized spacial score (nSPS) is 11.9. The number of nitrogens with one attached hydrogen (secondary N) is 1. The summed E-state index contributed by atoms with van der Waals surface area (Å²) in [6.07, 6.45) is 0. The topological polar surface area (TPSA) is 29.1 Å². The minimum atomic E-state index is -0.0292. The molecule has 4 heteroatoms. The monoisotopic (exact) mass is 443 g/mol. The van der Waals surface area contributed by atoms with E-state index in [9.17, 15) is 4.79 Å². The van der Waals surface area contributed by atoms with Gasteiger partial charge in [-0.3, -0.25) is 4.79 Å². The number of rotatable bonds is 4. The number of benzene rings is 2. The van der Waals surface area contributed by atoms with Crippen LogP contribution in [0.1, 0.15) is 28.8 Å². The van der Waals surface area contributed by atoms with E-state index in [1.54, 1.807) is 0 Å². The number of hydrogen-bond donors (Lipinski definition) is 1. The largest absolute Gasteiger partial charge is 0.351 e. The highest BCUT2D eigenvalue weighted by Crippen LogP contribution is 2.19. The van der Waals surface area contributed by atoms with E-state index in [2.05, 4.69) is 62.9 Å². The Kier molecular flexibility index (Phi) is 5.60. The molecule has 0 radical (unpaired) electrons. The molecule has 0 aliphatic carbocycles. The lowest BCUT2D eigenvalue weighted by molar-refractivity contribution is 0.0950. The van der Waals surface area contributed by atoms with Gasteiger partial charge in [-0.15, -0.1) is 0 Å². The van der Waals surface area contributed by atoms with E-state index < -0.39 is 0 Å². The van der Waals surface area contributed by atoms with Crippen LogP contribution in [0.5, 0.6) is 0 Å². The first kappa shape index (κ1) is 15.5. The van der Waals surface area contributed by atoms with Crippen molar-refractivity contribution in [2.45, 2.75) is 12.8 Å². The van der Waals surface area contributed by atoms with Gasteiger partial charge in [0, 0.05) is 14.6 Å². The van der Waals surface area contributed by atoms with Crippen LogP contribution >= 0.6 is 38.5 Å². The third-order valence-electron chi connectivity index (χ3n) is 3.11. The Morgan fingerprint density at radius 2 is 1.95 bits per heavy atom. The molecule has 0 aliphatic rings. The van der Waals surface area contributed by atoms with Crippen molar-refractivity contribution in [3.8, 4) is 0 Å². The first-order chi connectivity index (χ1) is 9.58. The van der Waals surface area contributed by atoms with Crippen LogP contribution in [0.3, 0.4) is 0 Å². The number of amides is 1. The lowest BCUT2D eigenvalue weighted by Gasteiger charge is -2.13. The molecule has 0 spiro atoms. The fourth-order valence-corrected chi connectivity index (χ4v) is 2.85. The lowest BCUT2D eigenvalue weighted by Crippen LogP contribution is -2.28. The molecule has 0 aromatic heterocycles. The minimum absolute atomic E-state index is 0.0292. The van der Waals surface area contributed by atoms with Crippen LogP contribution in [0.25, 0.3) is 0 Å². The average Bonchev–Trinajstić information content (AvgIpc) is 2.47. The smallest absolute Gasteiger partial charge is 0.252 e. The van der Waals surface area contributed by atoms with E-state index in [-0.39, 0.29) is 5.91 Å². The molecule has 0 bridgehead atoms. The molecule has 104 valence electrons. The molecular formula is C16H15BrINO. The molecule has 0 saturated heterocycles. The van der Waals surface area contributed by atoms with Crippen LogP contribution in [0, 0.1) is 3.57 Å². The Balaban J connectivity index is 2.00. The number of halogens is 2. The molecule has 2 aromatic rings. The molecule has 0 fully saturated rings. The van der Waals surface area contributed by atoms with Gasteiger partial charge in [0.15, 0.2) is 0 Å². The summed E-state index contributed by atoms with van der Waals surface area (Å²) in [7, 11) is 0. The van der Waals surface area contributed by atoms with Gasteiger partial charge in [0.1, 0.15) is 0 Å². The fourth-order valence-electron chi connectivity index (χ4n) is 1.91. The molecule has 1 atom stereocenters. The van der Waals surface area contributed by atoms with Gasteiger partial charge in [0.2, 0.25) is 0 Å². The third kappa shape index (κ3) is 4.06. The summed E-state index contributed by atoms with van der Waals surface area (Å²) in [5.41, 5.74) is 1.94. The Bertz CT molecular complexity index is 601. The molecule has 0 saturated carbocycles. The van der Waals surface area contributed by atoms with Crippen LogP contribution < -0.4 is 5.32 Å². The van der Waals surface area contributed by atoms with E-state index in [4.69, 9.17) is 0 Å². The lowest BCUT2D eigenvalue weighted by atomic mass is 10.0. The first-order valence-electron chi connectivity index (χ1n) is 6.36. The van der Waals surface area contributed by atoms with Crippen LogP contribution in [0.4, 0.5) is 0 Å². The summed E-state index contributed by atoms with van der Waals surface area (Å²) in [6.45, 7) is 2.74. The zero-order chi connectivity index (χ0) is 14.5. The summed E-state index contributed by atoms with van der Waals surface area (Å²) < 4.78 is 1.87. The molecule has 2 nitrogen and oxygen atoms in total. The summed E-state index contributed by atoms with van der Waals surface area (Å²) in [6, 6.07) is 15.9. The molecular weight excluding hydrogens is 429 g/mol. The standard InChI is InChI=1S/C16H15BrINO/c1-11(12-5-3-2-4-6-12)10-19-16(20)14-9-13(17)7-8-15(14)18/h2-9,11H,10H2,1H3,(H,19,20)/t11-/m1/s1. The quantitative estimate of drug-likeness (QED) is 0.688. The van der Waals surface area contributed by atoms with Crippen molar-refractivity contribution in [1.29, 1.82) is 0 Å². The maximum absolute atomic E-state index is 12.2. The van der Waals surface area contributed by atoms with Gasteiger partial charge in [-0.05, 0) is 52.3 Å². The summed E-state index contributed by atoms with van der Waals surface area (Å²) >= 11 is 5.58. The van der Waals surface area contributed by atoms with Crippen molar-refractivity contribution < 1.29 is 4.79 Å². The molecule has 1 amide bonds. The molecule has 20 heavy (non-hydrogen) atoms. The van der Waals surface area contributed by atoms with Gasteiger partial charge in [-0.2, -0.15) is 0 Å². The summed E-state index contributed by atoms with van der Waals surface area (Å²) in [5, 5.41) is 3.00. The number of hydrogen-bond acceptors (Lipinski definition) is 1. The van der Waals surface area contributed by atoms with Crippen molar-refractivity contribution in [3.63, 3.8) is 0 Å². The Morgan fingerprint density at radius 1 is 1.25 bits per heavy atom. The number of carbonyl (C=O) groups excluding carboxylic acids is 1. The van der Waals surface area contributed by atoms with E-state index in [1.807, 2.05) is 36.4 Å². The molecule has 0 aliphatic heterocycles. The molecule has 2 aromatic carbocycles. The van der Waals surface area contributed by atoms with E-state index >= 15 is 0 Å². The number of carbonyl (C=O) groups is 1. The Hall–Kier alpha value is -0.880. The van der Waals surface area contributed by atoms with Gasteiger partial charge < -0.3 is 5.32 Å². The maximum atomic E-state index is 12.2. The highest BCUT2D eigenvalue weighted by Gasteiger charge is 2.12. The zero-order valence-corrected chi connectivity index (χ0v) is 14.8. The van der Waals surface area contributed by atoms with Crippen molar-refractivity contribution >= 4 is 44.4 Å². The average molecular weight is 444 g/mol. The fraction of sp³-hybridized carbons (Fsp3) is 0.188. The van der Waals surface area contributed by atoms with E-state index in [1.165, 1.54) is 5.56 Å². The first-order valence-corrected chi connectivity index (χ1v) is 8.23. The van der Waals surface area contributed by atoms with E-state index in [0.29, 0.717) is 18.0 Å². The summed E-state index contributed by atoms with van der Waals surface area (Å²) in [5.74, 6) is 0.267. The van der Waals surface area contributed by atoms with E-state index in [0.717, 1.165) is 8.04 Å². The molecule has 1 N–H and O–H groups in total. The van der Waals surface area contributed by atoms with Crippen molar-refractivity contribution in [2.24, 2.45) is 0 Å². The third-order valence-corrected chi connectivity index (χ3v) is 4.54. The second-order valence-corrected chi connectivity index (χ2v) is 6.72. The second-order valence-electron chi connectivity index (χ2n) is 4.65. The van der Waals surface area contributed by atoms with Gasteiger partial charge in [-0.25, -0.2) is 0 Å². The van der Waals surface area contributed by atoms with Crippen molar-refractivity contribution in [2.75, 3.05) is 6.54 Å². The Morgan fingerprint density at radius 3 is 2.65 bits per heavy atom.